The van der Waals surface area contributed by atoms with Gasteiger partial charge in [-0.25, -0.2) is 0 Å². The van der Waals surface area contributed by atoms with Gasteiger partial charge in [0.15, 0.2) is 0 Å². The predicted octanol–water partition coefficient (Wildman–Crippen LogP) is 0.612. The van der Waals surface area contributed by atoms with Crippen molar-refractivity contribution in [3.8, 4) is 0 Å². The van der Waals surface area contributed by atoms with Crippen LogP contribution in [0.3, 0.4) is 0 Å². The lowest BCUT2D eigenvalue weighted by Gasteiger charge is -2.11. The molecule has 0 aliphatic heterocycles. The van der Waals surface area contributed by atoms with Crippen molar-refractivity contribution in [2.45, 2.75) is 19.4 Å². The Hall–Kier alpha value is -1.26. The Balaban J connectivity index is 4.05. The molecule has 0 radical (unpaired) electrons. The first-order chi connectivity index (χ1) is 7.10. The lowest BCUT2D eigenvalue weighted by Crippen LogP contribution is -2.26. The Morgan fingerprint density at radius 3 is 2.60 bits per heavy atom. The van der Waals surface area contributed by atoms with Gasteiger partial charge in [0.25, 0.3) is 0 Å². The van der Waals surface area contributed by atoms with Crippen LogP contribution >= 0.6 is 0 Å². The normalized spacial score (nSPS) is 14.4. The summed E-state index contributed by atoms with van der Waals surface area (Å²) in [5.41, 5.74) is 18.1. The van der Waals surface area contributed by atoms with Crippen molar-refractivity contribution in [2.24, 2.45) is 17.2 Å². The third-order valence-electron chi connectivity index (χ3n) is 1.76. The molecule has 0 spiro atoms. The van der Waals surface area contributed by atoms with E-state index < -0.39 is 0 Å². The zero-order chi connectivity index (χ0) is 11.7. The van der Waals surface area contributed by atoms with Crippen LogP contribution in [0.2, 0.25) is 0 Å². The molecule has 0 rings (SSSR count). The van der Waals surface area contributed by atoms with Crippen molar-refractivity contribution in [1.29, 1.82) is 0 Å². The summed E-state index contributed by atoms with van der Waals surface area (Å²) in [5, 5.41) is 0. The molecule has 6 N–H and O–H groups in total. The minimum atomic E-state index is -0.0459. The molecule has 0 aromatic rings. The van der Waals surface area contributed by atoms with Gasteiger partial charge in [0.1, 0.15) is 0 Å². The molecule has 0 saturated carbocycles. The van der Waals surface area contributed by atoms with Gasteiger partial charge in [-0.2, -0.15) is 0 Å². The topological polar surface area (TPSA) is 87.3 Å². The monoisotopic (exact) mass is 211 g/mol. The number of hydrogen-bond donors (Lipinski definition) is 3. The first-order valence-corrected chi connectivity index (χ1v) is 4.96. The Labute approximate surface area is 91.5 Å². The average Bonchev–Trinajstić information content (AvgIpc) is 2.20. The highest BCUT2D eigenvalue weighted by Crippen LogP contribution is 2.05. The molecule has 0 bridgehead atoms. The molecule has 0 heterocycles. The molecule has 86 valence electrons. The van der Waals surface area contributed by atoms with E-state index in [1.807, 2.05) is 13.0 Å². The van der Waals surface area contributed by atoms with Gasteiger partial charge in [0.2, 0.25) is 0 Å². The van der Waals surface area contributed by atoms with Crippen LogP contribution in [0.1, 0.15) is 13.3 Å². The Morgan fingerprint density at radius 2 is 2.13 bits per heavy atom. The minimum absolute atomic E-state index is 0.0459. The van der Waals surface area contributed by atoms with Crippen molar-refractivity contribution in [3.05, 3.63) is 36.2 Å². The van der Waals surface area contributed by atoms with Gasteiger partial charge in [0, 0.05) is 18.3 Å². The van der Waals surface area contributed by atoms with Crippen LogP contribution in [0, 0.1) is 0 Å². The Morgan fingerprint density at radius 1 is 1.47 bits per heavy atom. The van der Waals surface area contributed by atoms with Gasteiger partial charge in [0.05, 0.1) is 6.61 Å². The maximum absolute atomic E-state index is 5.83. The fourth-order valence-corrected chi connectivity index (χ4v) is 1.04. The summed E-state index contributed by atoms with van der Waals surface area (Å²) in [6.45, 7) is 6.70. The van der Waals surface area contributed by atoms with Gasteiger partial charge in [-0.05, 0) is 31.2 Å². The van der Waals surface area contributed by atoms with Crippen LogP contribution in [0.15, 0.2) is 36.2 Å². The highest BCUT2D eigenvalue weighted by Gasteiger charge is 2.03. The van der Waals surface area contributed by atoms with Crippen LogP contribution in [0.5, 0.6) is 0 Å². The molecule has 0 fully saturated rings. The second-order valence-corrected chi connectivity index (χ2v) is 3.27. The molecule has 15 heavy (non-hydrogen) atoms. The summed E-state index contributed by atoms with van der Waals surface area (Å²) < 4.78 is 5.21. The first-order valence-electron chi connectivity index (χ1n) is 4.96. The van der Waals surface area contributed by atoms with Gasteiger partial charge >= 0.3 is 0 Å². The standard InChI is InChI=1S/C11H21N3O/c1-3-15-8-11(14)6-10(7-12)5-4-9(2)13/h4-5,7,11H,2-3,6,8,12-14H2,1H3/b5-4-,10-7+. The first kappa shape index (κ1) is 13.7. The second-order valence-electron chi connectivity index (χ2n) is 3.27. The summed E-state index contributed by atoms with van der Waals surface area (Å²) >= 11 is 0. The maximum atomic E-state index is 5.83. The van der Waals surface area contributed by atoms with E-state index in [0.717, 1.165) is 5.57 Å². The SMILES string of the molecule is C=C(N)/C=C\C(=C/N)CC(N)COCC. The molecule has 0 amide bonds. The second kappa shape index (κ2) is 8.08. The molecule has 0 aromatic carbocycles. The lowest BCUT2D eigenvalue weighted by molar-refractivity contribution is 0.133. The van der Waals surface area contributed by atoms with Crippen LogP contribution in [-0.4, -0.2) is 19.3 Å². The van der Waals surface area contributed by atoms with Crippen LogP contribution in [-0.2, 0) is 4.74 Å². The maximum Gasteiger partial charge on any atom is 0.0620 e. The predicted molar refractivity (Wildman–Crippen MR) is 63.8 cm³/mol. The van der Waals surface area contributed by atoms with Crippen molar-refractivity contribution in [3.63, 3.8) is 0 Å². The number of allylic oxidation sites excluding steroid dienone is 2. The van der Waals surface area contributed by atoms with Crippen molar-refractivity contribution in [2.75, 3.05) is 13.2 Å². The van der Waals surface area contributed by atoms with Crippen LogP contribution in [0.25, 0.3) is 0 Å². The minimum Gasteiger partial charge on any atom is -0.404 e. The number of rotatable bonds is 7. The van der Waals surface area contributed by atoms with Gasteiger partial charge in [-0.1, -0.05) is 12.7 Å². The van der Waals surface area contributed by atoms with E-state index in [1.165, 1.54) is 6.20 Å². The van der Waals surface area contributed by atoms with E-state index in [9.17, 15) is 0 Å². The van der Waals surface area contributed by atoms with Crippen LogP contribution in [0.4, 0.5) is 0 Å². The van der Waals surface area contributed by atoms with E-state index in [2.05, 4.69) is 6.58 Å². The fraction of sp³-hybridized carbons (Fsp3) is 0.455. The van der Waals surface area contributed by atoms with E-state index in [4.69, 9.17) is 21.9 Å². The highest BCUT2D eigenvalue weighted by atomic mass is 16.5. The smallest absolute Gasteiger partial charge is 0.0620 e. The zero-order valence-electron chi connectivity index (χ0n) is 9.28. The van der Waals surface area contributed by atoms with Crippen molar-refractivity contribution >= 4 is 0 Å². The summed E-state index contributed by atoms with van der Waals surface area (Å²) in [6, 6.07) is -0.0459. The van der Waals surface area contributed by atoms with E-state index >= 15 is 0 Å². The molecule has 4 nitrogen and oxygen atoms in total. The average molecular weight is 211 g/mol. The number of hydrogen-bond acceptors (Lipinski definition) is 4. The number of nitrogens with two attached hydrogens (primary N) is 3. The third kappa shape index (κ3) is 7.78. The molecule has 0 aromatic heterocycles. The van der Waals surface area contributed by atoms with Gasteiger partial charge in [-0.3, -0.25) is 0 Å². The van der Waals surface area contributed by atoms with Crippen molar-refractivity contribution < 1.29 is 4.74 Å². The van der Waals surface area contributed by atoms with E-state index in [1.54, 1.807) is 6.08 Å². The zero-order valence-corrected chi connectivity index (χ0v) is 9.28. The summed E-state index contributed by atoms with van der Waals surface area (Å²) in [5.74, 6) is 0. The summed E-state index contributed by atoms with van der Waals surface area (Å²) in [4.78, 5) is 0. The lowest BCUT2D eigenvalue weighted by atomic mass is 10.1. The molecule has 0 aliphatic carbocycles. The van der Waals surface area contributed by atoms with E-state index in [0.29, 0.717) is 25.3 Å². The Bertz CT molecular complexity index is 246. The van der Waals surface area contributed by atoms with E-state index in [-0.39, 0.29) is 6.04 Å². The molecule has 1 atom stereocenters. The fourth-order valence-electron chi connectivity index (χ4n) is 1.04. The van der Waals surface area contributed by atoms with Crippen molar-refractivity contribution in [1.82, 2.24) is 0 Å². The molecular formula is C11H21N3O. The molecule has 0 saturated heterocycles. The quantitative estimate of drug-likeness (QED) is 0.538. The Kier molecular flexibility index (Phi) is 7.40. The number of ether oxygens (including phenoxy) is 1. The highest BCUT2D eigenvalue weighted by molar-refractivity contribution is 5.24. The molecule has 4 heteroatoms. The third-order valence-corrected chi connectivity index (χ3v) is 1.76. The molecular weight excluding hydrogens is 190 g/mol. The summed E-state index contributed by atoms with van der Waals surface area (Å²) in [6.07, 6.45) is 5.70. The molecule has 1 unspecified atom stereocenters. The van der Waals surface area contributed by atoms with Crippen LogP contribution < -0.4 is 17.2 Å². The van der Waals surface area contributed by atoms with Gasteiger partial charge < -0.3 is 21.9 Å². The molecule has 0 aliphatic rings. The summed E-state index contributed by atoms with van der Waals surface area (Å²) in [7, 11) is 0. The van der Waals surface area contributed by atoms with Gasteiger partial charge in [-0.15, -0.1) is 0 Å². The largest absolute Gasteiger partial charge is 0.404 e.